The van der Waals surface area contributed by atoms with E-state index in [1.54, 1.807) is 5.32 Å². The fourth-order valence-electron chi connectivity index (χ4n) is 0.811. The first-order chi connectivity index (χ1) is 5.27. The SMILES string of the molecule is CC1(O)NC(=O)NC(=O)C1(C)F. The molecule has 0 radical (unpaired) electrons. The first kappa shape index (κ1) is 8.92. The summed E-state index contributed by atoms with van der Waals surface area (Å²) in [6, 6.07) is -0.903. The molecule has 0 saturated carbocycles. The van der Waals surface area contributed by atoms with Crippen molar-refractivity contribution >= 4 is 11.9 Å². The highest BCUT2D eigenvalue weighted by molar-refractivity contribution is 6.02. The molecule has 6 heteroatoms. The molecule has 0 spiro atoms. The van der Waals surface area contributed by atoms with E-state index in [4.69, 9.17) is 0 Å². The lowest BCUT2D eigenvalue weighted by Crippen LogP contribution is -2.72. The molecule has 1 aliphatic heterocycles. The van der Waals surface area contributed by atoms with Crippen molar-refractivity contribution in [1.29, 1.82) is 0 Å². The van der Waals surface area contributed by atoms with Crippen LogP contribution in [0.2, 0.25) is 0 Å². The third kappa shape index (κ3) is 1.04. The van der Waals surface area contributed by atoms with E-state index in [1.807, 2.05) is 5.32 Å². The van der Waals surface area contributed by atoms with E-state index < -0.39 is 23.3 Å². The fraction of sp³-hybridized carbons (Fsp3) is 0.667. The predicted octanol–water partition coefficient (Wildman–Crippen LogP) is -0.738. The normalized spacial score (nSPS) is 42.0. The lowest BCUT2D eigenvalue weighted by Gasteiger charge is -2.38. The summed E-state index contributed by atoms with van der Waals surface area (Å²) in [4.78, 5) is 21.4. The van der Waals surface area contributed by atoms with Crippen LogP contribution in [0, 0.1) is 0 Å². The molecule has 1 saturated heterocycles. The van der Waals surface area contributed by atoms with E-state index in [-0.39, 0.29) is 0 Å². The fourth-order valence-corrected chi connectivity index (χ4v) is 0.811. The van der Waals surface area contributed by atoms with Gasteiger partial charge < -0.3 is 10.4 Å². The van der Waals surface area contributed by atoms with Gasteiger partial charge in [-0.15, -0.1) is 0 Å². The van der Waals surface area contributed by atoms with Crippen LogP contribution in [-0.2, 0) is 4.79 Å². The molecule has 2 unspecified atom stereocenters. The van der Waals surface area contributed by atoms with Gasteiger partial charge in [-0.05, 0) is 13.8 Å². The Morgan fingerprint density at radius 3 is 2.33 bits per heavy atom. The Bertz CT molecular complexity index is 249. The number of amides is 3. The van der Waals surface area contributed by atoms with Crippen molar-refractivity contribution in [1.82, 2.24) is 10.6 Å². The zero-order valence-corrected chi connectivity index (χ0v) is 6.64. The Morgan fingerprint density at radius 1 is 1.42 bits per heavy atom. The highest BCUT2D eigenvalue weighted by Gasteiger charge is 2.55. The van der Waals surface area contributed by atoms with E-state index in [0.29, 0.717) is 0 Å². The number of halogens is 1. The quantitative estimate of drug-likeness (QED) is 0.455. The number of urea groups is 1. The van der Waals surface area contributed by atoms with Crippen LogP contribution in [0.25, 0.3) is 0 Å². The largest absolute Gasteiger partial charge is 0.368 e. The van der Waals surface area contributed by atoms with Gasteiger partial charge in [0.1, 0.15) is 0 Å². The smallest absolute Gasteiger partial charge is 0.323 e. The van der Waals surface area contributed by atoms with Crippen LogP contribution in [0.5, 0.6) is 0 Å². The maximum atomic E-state index is 13.3. The Morgan fingerprint density at radius 2 is 1.92 bits per heavy atom. The van der Waals surface area contributed by atoms with Gasteiger partial charge in [-0.3, -0.25) is 10.1 Å². The van der Waals surface area contributed by atoms with Gasteiger partial charge >= 0.3 is 6.03 Å². The molecule has 1 fully saturated rings. The third-order valence-electron chi connectivity index (χ3n) is 1.92. The van der Waals surface area contributed by atoms with Crippen molar-refractivity contribution in [3.63, 3.8) is 0 Å². The maximum absolute atomic E-state index is 13.3. The van der Waals surface area contributed by atoms with Gasteiger partial charge in [-0.2, -0.15) is 0 Å². The summed E-state index contributed by atoms with van der Waals surface area (Å²) in [6.45, 7) is 1.91. The summed E-state index contributed by atoms with van der Waals surface area (Å²) >= 11 is 0. The molecule has 1 rings (SSSR count). The monoisotopic (exact) mass is 176 g/mol. The van der Waals surface area contributed by atoms with E-state index >= 15 is 0 Å². The van der Waals surface area contributed by atoms with E-state index in [0.717, 1.165) is 13.8 Å². The molecule has 1 heterocycles. The van der Waals surface area contributed by atoms with Crippen LogP contribution in [0.1, 0.15) is 13.8 Å². The van der Waals surface area contributed by atoms with Crippen LogP contribution < -0.4 is 10.6 Å². The summed E-state index contributed by atoms with van der Waals surface area (Å²) in [5, 5.41) is 12.9. The number of aliphatic hydroxyl groups is 1. The molecule has 0 aliphatic carbocycles. The first-order valence-electron chi connectivity index (χ1n) is 3.32. The molecule has 0 bridgehead atoms. The Kier molecular flexibility index (Phi) is 1.61. The Labute approximate surface area is 67.9 Å². The standard InChI is InChI=1S/C6H9FN2O3/c1-5(7)3(10)8-4(11)9-6(5,2)12/h12H,1-2H3,(H2,8,9,10,11). The van der Waals surface area contributed by atoms with Gasteiger partial charge in [0.05, 0.1) is 0 Å². The molecule has 0 aromatic heterocycles. The van der Waals surface area contributed by atoms with Crippen LogP contribution in [0.4, 0.5) is 9.18 Å². The highest BCUT2D eigenvalue weighted by Crippen LogP contribution is 2.26. The maximum Gasteiger partial charge on any atom is 0.323 e. The van der Waals surface area contributed by atoms with Crippen LogP contribution in [-0.4, -0.2) is 28.4 Å². The molecule has 1 aliphatic rings. The topological polar surface area (TPSA) is 78.4 Å². The number of carbonyl (C=O) groups excluding carboxylic acids is 2. The molecule has 5 nitrogen and oxygen atoms in total. The van der Waals surface area contributed by atoms with Crippen molar-refractivity contribution in [2.24, 2.45) is 0 Å². The molecule has 0 aromatic carbocycles. The molecule has 68 valence electrons. The summed E-state index contributed by atoms with van der Waals surface area (Å²) < 4.78 is 13.3. The Balaban J connectivity index is 3.02. The van der Waals surface area contributed by atoms with Crippen LogP contribution >= 0.6 is 0 Å². The van der Waals surface area contributed by atoms with Crippen LogP contribution in [0.3, 0.4) is 0 Å². The molecular formula is C6H9FN2O3. The van der Waals surface area contributed by atoms with Crippen molar-refractivity contribution in [3.8, 4) is 0 Å². The molecule has 3 amide bonds. The van der Waals surface area contributed by atoms with Gasteiger partial charge in [0.2, 0.25) is 5.67 Å². The van der Waals surface area contributed by atoms with E-state index in [2.05, 4.69) is 0 Å². The number of imide groups is 1. The lowest BCUT2D eigenvalue weighted by molar-refractivity contribution is -0.157. The van der Waals surface area contributed by atoms with Crippen molar-refractivity contribution < 1.29 is 19.1 Å². The number of nitrogens with one attached hydrogen (secondary N) is 2. The van der Waals surface area contributed by atoms with Gasteiger partial charge in [0.15, 0.2) is 5.72 Å². The second kappa shape index (κ2) is 2.16. The number of rotatable bonds is 0. The molecule has 12 heavy (non-hydrogen) atoms. The van der Waals surface area contributed by atoms with Crippen molar-refractivity contribution in [2.45, 2.75) is 25.2 Å². The van der Waals surface area contributed by atoms with Crippen LogP contribution in [0.15, 0.2) is 0 Å². The molecular weight excluding hydrogens is 167 g/mol. The summed E-state index contributed by atoms with van der Waals surface area (Å²) in [7, 11) is 0. The first-order valence-corrected chi connectivity index (χ1v) is 3.32. The Hall–Kier alpha value is -1.17. The minimum Gasteiger partial charge on any atom is -0.368 e. The average Bonchev–Trinajstić information content (AvgIpc) is 1.82. The number of alkyl halides is 1. The third-order valence-corrected chi connectivity index (χ3v) is 1.92. The lowest BCUT2D eigenvalue weighted by atomic mass is 9.93. The average molecular weight is 176 g/mol. The molecule has 3 N–H and O–H groups in total. The highest BCUT2D eigenvalue weighted by atomic mass is 19.1. The van der Waals surface area contributed by atoms with Gasteiger partial charge in [-0.1, -0.05) is 0 Å². The minimum absolute atomic E-state index is 0.891. The molecule has 0 aromatic rings. The molecule has 2 atom stereocenters. The zero-order chi connectivity index (χ0) is 9.57. The van der Waals surface area contributed by atoms with E-state index in [9.17, 15) is 19.1 Å². The number of carbonyl (C=O) groups is 2. The summed E-state index contributed by atoms with van der Waals surface area (Å²) in [5.41, 5.74) is -4.67. The number of hydrogen-bond acceptors (Lipinski definition) is 3. The van der Waals surface area contributed by atoms with Crippen molar-refractivity contribution in [2.75, 3.05) is 0 Å². The minimum atomic E-state index is -2.51. The second-order valence-electron chi connectivity index (χ2n) is 2.98. The van der Waals surface area contributed by atoms with Crippen molar-refractivity contribution in [3.05, 3.63) is 0 Å². The van der Waals surface area contributed by atoms with Gasteiger partial charge in [0.25, 0.3) is 5.91 Å². The second-order valence-corrected chi connectivity index (χ2v) is 2.98. The zero-order valence-electron chi connectivity index (χ0n) is 6.64. The van der Waals surface area contributed by atoms with Gasteiger partial charge in [-0.25, -0.2) is 9.18 Å². The van der Waals surface area contributed by atoms with Gasteiger partial charge in [0, 0.05) is 0 Å². The predicted molar refractivity (Wildman–Crippen MR) is 36.8 cm³/mol. The number of hydrogen-bond donors (Lipinski definition) is 3. The summed E-state index contributed by atoms with van der Waals surface area (Å²) in [5.74, 6) is -1.14. The van der Waals surface area contributed by atoms with E-state index in [1.165, 1.54) is 0 Å². The summed E-state index contributed by atoms with van der Waals surface area (Å²) in [6.07, 6.45) is 0.